The number of hydrogen-bond donors (Lipinski definition) is 2. The van der Waals surface area contributed by atoms with E-state index in [0.717, 1.165) is 45.0 Å². The van der Waals surface area contributed by atoms with E-state index in [1.165, 1.54) is 11.8 Å². The molecule has 1 fully saturated rings. The van der Waals surface area contributed by atoms with E-state index in [1.54, 1.807) is 12.1 Å². The lowest BCUT2D eigenvalue weighted by atomic mass is 10.1. The van der Waals surface area contributed by atoms with E-state index in [2.05, 4.69) is 39.5 Å². The highest BCUT2D eigenvalue weighted by Gasteiger charge is 2.15. The second-order valence-electron chi connectivity index (χ2n) is 6.94. The summed E-state index contributed by atoms with van der Waals surface area (Å²) in [5.74, 6) is -0.211. The normalized spacial score (nSPS) is 15.3. The molecule has 7 nitrogen and oxygen atoms in total. The van der Waals surface area contributed by atoms with Gasteiger partial charge in [-0.15, -0.1) is 0 Å². The molecule has 1 aromatic carbocycles. The van der Waals surface area contributed by atoms with Gasteiger partial charge in [-0.25, -0.2) is 0 Å². The number of carbonyl (C=O) groups is 2. The van der Waals surface area contributed by atoms with Crippen LogP contribution < -0.4 is 10.6 Å². The molecule has 7 heteroatoms. The largest absolute Gasteiger partial charge is 0.459 e. The molecule has 3 rings (SSSR count). The van der Waals surface area contributed by atoms with Gasteiger partial charge in [0.2, 0.25) is 5.91 Å². The van der Waals surface area contributed by atoms with Crippen LogP contribution in [0, 0.1) is 0 Å². The molecule has 0 atom stereocenters. The Labute approximate surface area is 165 Å². The molecule has 1 saturated heterocycles. The summed E-state index contributed by atoms with van der Waals surface area (Å²) in [7, 11) is 0. The molecule has 2 N–H and O–H groups in total. The highest BCUT2D eigenvalue weighted by molar-refractivity contribution is 5.93. The quantitative estimate of drug-likeness (QED) is 0.729. The number of amides is 2. The van der Waals surface area contributed by atoms with Crippen LogP contribution in [0.25, 0.3) is 0 Å². The summed E-state index contributed by atoms with van der Waals surface area (Å²) >= 11 is 0. The third-order valence-corrected chi connectivity index (χ3v) is 4.94. The third kappa shape index (κ3) is 5.94. The third-order valence-electron chi connectivity index (χ3n) is 4.94. The number of nitrogens with zero attached hydrogens (tertiary/aromatic N) is 2. The van der Waals surface area contributed by atoms with Crippen molar-refractivity contribution < 1.29 is 14.0 Å². The molecule has 28 heavy (non-hydrogen) atoms. The maximum atomic E-state index is 12.0. The summed E-state index contributed by atoms with van der Waals surface area (Å²) in [6.45, 7) is 8.95. The van der Waals surface area contributed by atoms with Crippen LogP contribution in [0.3, 0.4) is 0 Å². The summed E-state index contributed by atoms with van der Waals surface area (Å²) in [5, 5.41) is 5.52. The molecule has 1 aliphatic heterocycles. The van der Waals surface area contributed by atoms with Gasteiger partial charge in [0.05, 0.1) is 6.26 Å². The fourth-order valence-electron chi connectivity index (χ4n) is 3.22. The average molecular weight is 384 g/mol. The predicted molar refractivity (Wildman–Crippen MR) is 108 cm³/mol. The molecule has 0 bridgehead atoms. The van der Waals surface area contributed by atoms with Crippen molar-refractivity contribution in [3.05, 3.63) is 54.0 Å². The molecule has 0 aliphatic carbocycles. The highest BCUT2D eigenvalue weighted by atomic mass is 16.3. The Balaban J connectivity index is 1.37. The summed E-state index contributed by atoms with van der Waals surface area (Å²) < 4.78 is 5.01. The lowest BCUT2D eigenvalue weighted by molar-refractivity contribution is -0.116. The van der Waals surface area contributed by atoms with E-state index in [1.807, 2.05) is 12.1 Å². The molecule has 2 heterocycles. The summed E-state index contributed by atoms with van der Waals surface area (Å²) in [6.07, 6.45) is 1.65. The topological polar surface area (TPSA) is 77.8 Å². The van der Waals surface area contributed by atoms with Crippen LogP contribution in [0.2, 0.25) is 0 Å². The smallest absolute Gasteiger partial charge is 0.286 e. The first-order chi connectivity index (χ1) is 13.6. The van der Waals surface area contributed by atoms with Crippen molar-refractivity contribution in [3.63, 3.8) is 0 Å². The first-order valence-electron chi connectivity index (χ1n) is 9.79. The first-order valence-corrected chi connectivity index (χ1v) is 9.79. The number of piperazine rings is 1. The van der Waals surface area contributed by atoms with Gasteiger partial charge in [-0.3, -0.25) is 14.5 Å². The summed E-state index contributed by atoms with van der Waals surface area (Å²) in [6, 6.07) is 11.2. The van der Waals surface area contributed by atoms with Crippen LogP contribution in [0.15, 0.2) is 47.1 Å². The number of likely N-dealkylation sites (N-methyl/N-ethyl adjacent to an activating group) is 1. The second-order valence-corrected chi connectivity index (χ2v) is 6.94. The minimum Gasteiger partial charge on any atom is -0.459 e. The molecule has 0 spiro atoms. The maximum absolute atomic E-state index is 12.0. The van der Waals surface area contributed by atoms with Gasteiger partial charge < -0.3 is 20.0 Å². The Morgan fingerprint density at radius 1 is 1.04 bits per heavy atom. The van der Waals surface area contributed by atoms with Crippen molar-refractivity contribution in [2.75, 3.05) is 44.6 Å². The van der Waals surface area contributed by atoms with Gasteiger partial charge in [0.15, 0.2) is 5.76 Å². The van der Waals surface area contributed by atoms with Crippen molar-refractivity contribution in [1.29, 1.82) is 0 Å². The van der Waals surface area contributed by atoms with Gasteiger partial charge in [0.25, 0.3) is 5.91 Å². The van der Waals surface area contributed by atoms with Gasteiger partial charge in [-0.05, 0) is 36.4 Å². The van der Waals surface area contributed by atoms with Crippen molar-refractivity contribution in [2.45, 2.75) is 19.9 Å². The second kappa shape index (κ2) is 10.1. The molecular formula is C21H28N4O3. The number of benzene rings is 1. The summed E-state index contributed by atoms with van der Waals surface area (Å²) in [5.41, 5.74) is 2.01. The van der Waals surface area contributed by atoms with E-state index >= 15 is 0 Å². The number of furan rings is 1. The van der Waals surface area contributed by atoms with Gasteiger partial charge in [0.1, 0.15) is 0 Å². The molecule has 2 aromatic rings. The Morgan fingerprint density at radius 2 is 1.75 bits per heavy atom. The minimum absolute atomic E-state index is 0.136. The minimum atomic E-state index is -0.318. The fourth-order valence-corrected chi connectivity index (χ4v) is 3.22. The molecule has 0 unspecified atom stereocenters. The molecular weight excluding hydrogens is 356 g/mol. The number of nitrogens with one attached hydrogen (secondary N) is 2. The summed E-state index contributed by atoms with van der Waals surface area (Å²) in [4.78, 5) is 28.7. The standard InChI is InChI=1S/C21H28N4O3/c1-2-24-11-13-25(14-12-24)16-17-5-7-18(8-6-17)23-20(26)9-10-22-21(27)19-4-3-15-28-19/h3-8,15H,2,9-14,16H2,1H3,(H,22,27)(H,23,26). The van der Waals surface area contributed by atoms with Gasteiger partial charge in [-0.1, -0.05) is 19.1 Å². The average Bonchev–Trinajstić information content (AvgIpc) is 3.25. The zero-order valence-electron chi connectivity index (χ0n) is 16.3. The van der Waals surface area contributed by atoms with Crippen molar-refractivity contribution >= 4 is 17.5 Å². The van der Waals surface area contributed by atoms with E-state index in [4.69, 9.17) is 4.42 Å². The fraction of sp³-hybridized carbons (Fsp3) is 0.429. The molecule has 1 aliphatic rings. The molecule has 1 aromatic heterocycles. The van der Waals surface area contributed by atoms with Crippen LogP contribution in [-0.4, -0.2) is 60.9 Å². The molecule has 2 amide bonds. The van der Waals surface area contributed by atoms with E-state index < -0.39 is 0 Å². The monoisotopic (exact) mass is 384 g/mol. The van der Waals surface area contributed by atoms with Gasteiger partial charge in [-0.2, -0.15) is 0 Å². The number of rotatable bonds is 8. The van der Waals surface area contributed by atoms with Crippen molar-refractivity contribution in [1.82, 2.24) is 15.1 Å². The van der Waals surface area contributed by atoms with Crippen LogP contribution in [0.5, 0.6) is 0 Å². The lowest BCUT2D eigenvalue weighted by Gasteiger charge is -2.34. The van der Waals surface area contributed by atoms with E-state index in [-0.39, 0.29) is 30.5 Å². The Kier molecular flexibility index (Phi) is 7.22. The first kappa shape index (κ1) is 20.1. The van der Waals surface area contributed by atoms with Crippen molar-refractivity contribution in [2.24, 2.45) is 0 Å². The Hall–Kier alpha value is -2.64. The van der Waals surface area contributed by atoms with Gasteiger partial charge in [0, 0.05) is 51.4 Å². The van der Waals surface area contributed by atoms with Crippen LogP contribution in [0.4, 0.5) is 5.69 Å². The van der Waals surface area contributed by atoms with Crippen LogP contribution in [-0.2, 0) is 11.3 Å². The van der Waals surface area contributed by atoms with Crippen LogP contribution in [0.1, 0.15) is 29.5 Å². The van der Waals surface area contributed by atoms with E-state index in [9.17, 15) is 9.59 Å². The predicted octanol–water partition coefficient (Wildman–Crippen LogP) is 2.18. The zero-order valence-corrected chi connectivity index (χ0v) is 16.3. The number of carbonyl (C=O) groups excluding carboxylic acids is 2. The molecule has 150 valence electrons. The van der Waals surface area contributed by atoms with Crippen LogP contribution >= 0.6 is 0 Å². The van der Waals surface area contributed by atoms with Crippen molar-refractivity contribution in [3.8, 4) is 0 Å². The number of hydrogen-bond acceptors (Lipinski definition) is 5. The van der Waals surface area contributed by atoms with E-state index in [0.29, 0.717) is 0 Å². The Bertz CT molecular complexity index is 750. The molecule has 0 radical (unpaired) electrons. The highest BCUT2D eigenvalue weighted by Crippen LogP contribution is 2.13. The molecule has 0 saturated carbocycles. The maximum Gasteiger partial charge on any atom is 0.286 e. The lowest BCUT2D eigenvalue weighted by Crippen LogP contribution is -2.45. The number of anilines is 1. The SMILES string of the molecule is CCN1CCN(Cc2ccc(NC(=O)CCNC(=O)c3ccco3)cc2)CC1. The zero-order chi connectivity index (χ0) is 19.8. The van der Waals surface area contributed by atoms with Gasteiger partial charge >= 0.3 is 0 Å². The Morgan fingerprint density at radius 3 is 2.39 bits per heavy atom.